The maximum Gasteiger partial charge on any atom is 0.160 e. The summed E-state index contributed by atoms with van der Waals surface area (Å²) in [5.41, 5.74) is 5.99. The third-order valence-corrected chi connectivity index (χ3v) is 5.54. The van der Waals surface area contributed by atoms with Gasteiger partial charge in [-0.05, 0) is 54.4 Å². The lowest BCUT2D eigenvalue weighted by atomic mass is 10.2. The second-order valence-corrected chi connectivity index (χ2v) is 8.04. The third kappa shape index (κ3) is 3.36. The number of halogens is 1. The molecule has 0 amide bonds. The molecule has 0 spiro atoms. The number of para-hydroxylation sites is 2. The summed E-state index contributed by atoms with van der Waals surface area (Å²) in [5, 5.41) is 1.11. The minimum Gasteiger partial charge on any atom is -0.494 e. The predicted octanol–water partition coefficient (Wildman–Crippen LogP) is 6.34. The number of hydrogen-bond donors (Lipinski definition) is 0. The molecule has 4 nitrogen and oxygen atoms in total. The van der Waals surface area contributed by atoms with E-state index in [0.717, 1.165) is 62.9 Å². The summed E-state index contributed by atoms with van der Waals surface area (Å²) in [6.45, 7) is 3.58. The monoisotopic (exact) mass is 445 g/mol. The van der Waals surface area contributed by atoms with Crippen molar-refractivity contribution < 1.29 is 4.74 Å². The molecule has 0 saturated heterocycles. The van der Waals surface area contributed by atoms with Crippen molar-refractivity contribution >= 4 is 49.0 Å². The van der Waals surface area contributed by atoms with Crippen molar-refractivity contribution in [3.63, 3.8) is 0 Å². The number of hydrogen-bond acceptors (Lipinski definition) is 3. The quantitative estimate of drug-likeness (QED) is 0.316. The van der Waals surface area contributed by atoms with Crippen LogP contribution in [0.2, 0.25) is 0 Å². The van der Waals surface area contributed by atoms with Gasteiger partial charge in [0.05, 0.1) is 23.2 Å². The molecule has 0 aliphatic rings. The van der Waals surface area contributed by atoms with Crippen LogP contribution in [0.15, 0.2) is 71.2 Å². The van der Waals surface area contributed by atoms with Crippen molar-refractivity contribution in [2.24, 2.45) is 0 Å². The molecule has 5 rings (SSSR count). The van der Waals surface area contributed by atoms with Crippen LogP contribution < -0.4 is 4.74 Å². The summed E-state index contributed by atoms with van der Waals surface area (Å²) in [4.78, 5) is 9.89. The molecule has 144 valence electrons. The largest absolute Gasteiger partial charge is 0.494 e. The van der Waals surface area contributed by atoms with E-state index >= 15 is 0 Å². The predicted molar refractivity (Wildman–Crippen MR) is 122 cm³/mol. The van der Waals surface area contributed by atoms with Gasteiger partial charge in [-0.15, -0.1) is 0 Å². The molecular weight excluding hydrogens is 426 g/mol. The second-order valence-electron chi connectivity index (χ2n) is 7.12. The van der Waals surface area contributed by atoms with Gasteiger partial charge < -0.3 is 9.30 Å². The van der Waals surface area contributed by atoms with Crippen LogP contribution in [0.1, 0.15) is 18.9 Å². The zero-order chi connectivity index (χ0) is 19.8. The van der Waals surface area contributed by atoms with Gasteiger partial charge in [0.25, 0.3) is 0 Å². The van der Waals surface area contributed by atoms with E-state index in [9.17, 15) is 0 Å². The Morgan fingerprint density at radius 2 is 1.69 bits per heavy atom. The molecule has 0 aliphatic carbocycles. The zero-order valence-corrected chi connectivity index (χ0v) is 17.7. The van der Waals surface area contributed by atoms with Crippen LogP contribution >= 0.6 is 15.9 Å². The first-order chi connectivity index (χ1) is 14.2. The lowest BCUT2D eigenvalue weighted by Gasteiger charge is -2.09. The van der Waals surface area contributed by atoms with Gasteiger partial charge >= 0.3 is 0 Å². The van der Waals surface area contributed by atoms with Gasteiger partial charge in [-0.1, -0.05) is 47.1 Å². The number of rotatable bonds is 5. The van der Waals surface area contributed by atoms with Crippen molar-refractivity contribution in [3.8, 4) is 5.75 Å². The summed E-state index contributed by atoms with van der Waals surface area (Å²) in [7, 11) is 0. The maximum absolute atomic E-state index is 5.71. The molecule has 0 saturated carbocycles. The molecule has 5 heteroatoms. The average Bonchev–Trinajstić information content (AvgIpc) is 3.03. The molecule has 0 N–H and O–H groups in total. The maximum atomic E-state index is 5.71. The number of ether oxygens (including phenoxy) is 1. The Morgan fingerprint density at radius 3 is 2.45 bits per heavy atom. The third-order valence-electron chi connectivity index (χ3n) is 5.05. The summed E-state index contributed by atoms with van der Waals surface area (Å²) >= 11 is 3.60. The Labute approximate surface area is 177 Å². The minimum absolute atomic E-state index is 0.725. The highest BCUT2D eigenvalue weighted by molar-refractivity contribution is 9.10. The van der Waals surface area contributed by atoms with Crippen molar-refractivity contribution in [3.05, 3.63) is 76.8 Å². The molecule has 0 radical (unpaired) electrons. The number of fused-ring (bicyclic) bond motifs is 4. The van der Waals surface area contributed by atoms with Crippen LogP contribution in [0, 0.1) is 0 Å². The van der Waals surface area contributed by atoms with Crippen molar-refractivity contribution in [2.45, 2.75) is 19.9 Å². The van der Waals surface area contributed by atoms with E-state index in [4.69, 9.17) is 14.7 Å². The normalized spacial score (nSPS) is 11.5. The van der Waals surface area contributed by atoms with E-state index in [1.54, 1.807) is 0 Å². The number of benzene rings is 3. The molecule has 0 atom stereocenters. The van der Waals surface area contributed by atoms with Crippen LogP contribution in [0.25, 0.3) is 33.1 Å². The highest BCUT2D eigenvalue weighted by Gasteiger charge is 2.15. The van der Waals surface area contributed by atoms with Gasteiger partial charge in [0.1, 0.15) is 11.3 Å². The van der Waals surface area contributed by atoms with Crippen LogP contribution in [0.5, 0.6) is 5.75 Å². The first kappa shape index (κ1) is 18.1. The van der Waals surface area contributed by atoms with E-state index < -0.39 is 0 Å². The lowest BCUT2D eigenvalue weighted by molar-refractivity contribution is 0.317. The molecule has 5 aromatic rings. The van der Waals surface area contributed by atoms with E-state index in [-0.39, 0.29) is 0 Å². The Hall–Kier alpha value is -2.92. The van der Waals surface area contributed by atoms with Crippen molar-refractivity contribution in [1.29, 1.82) is 0 Å². The van der Waals surface area contributed by atoms with Crippen LogP contribution in [0.3, 0.4) is 0 Å². The van der Waals surface area contributed by atoms with Crippen LogP contribution in [-0.2, 0) is 6.54 Å². The van der Waals surface area contributed by atoms with Crippen LogP contribution in [0.4, 0.5) is 0 Å². The van der Waals surface area contributed by atoms with E-state index in [1.807, 2.05) is 36.4 Å². The Bertz CT molecular complexity index is 1330. The fourth-order valence-electron chi connectivity index (χ4n) is 3.66. The molecule has 2 aromatic heterocycles. The fraction of sp³-hybridized carbons (Fsp3) is 0.167. The van der Waals surface area contributed by atoms with Gasteiger partial charge in [0, 0.05) is 16.4 Å². The topological polar surface area (TPSA) is 39.9 Å². The summed E-state index contributed by atoms with van der Waals surface area (Å²) in [5.74, 6) is 0.910. The zero-order valence-electron chi connectivity index (χ0n) is 16.1. The van der Waals surface area contributed by atoms with Gasteiger partial charge in [0.15, 0.2) is 5.65 Å². The molecule has 0 fully saturated rings. The second kappa shape index (κ2) is 7.48. The van der Waals surface area contributed by atoms with Gasteiger partial charge in [-0.3, -0.25) is 0 Å². The summed E-state index contributed by atoms with van der Waals surface area (Å²) < 4.78 is 9.00. The number of nitrogens with zero attached hydrogens (tertiary/aromatic N) is 3. The standard InChI is InChI=1S/C24H20BrN3O/c1-2-13-29-18-10-7-16(8-11-18)15-28-22-12-9-17(25)14-19(22)23-24(28)27-21-6-4-3-5-20(21)26-23/h3-12,14H,2,13,15H2,1H3. The van der Waals surface area contributed by atoms with Crippen LogP contribution in [-0.4, -0.2) is 21.1 Å². The molecular formula is C24H20BrN3O. The molecule has 3 aromatic carbocycles. The first-order valence-electron chi connectivity index (χ1n) is 9.79. The molecule has 0 aliphatic heterocycles. The van der Waals surface area contributed by atoms with Crippen molar-refractivity contribution in [2.75, 3.05) is 6.61 Å². The Morgan fingerprint density at radius 1 is 0.931 bits per heavy atom. The lowest BCUT2D eigenvalue weighted by Crippen LogP contribution is -2.01. The Balaban J connectivity index is 1.66. The highest BCUT2D eigenvalue weighted by atomic mass is 79.9. The number of aromatic nitrogens is 3. The smallest absolute Gasteiger partial charge is 0.160 e. The SMILES string of the molecule is CCCOc1ccc(Cn2c3ccc(Br)cc3c3nc4ccccc4nc32)cc1. The summed E-state index contributed by atoms with van der Waals surface area (Å²) in [6.07, 6.45) is 1.01. The van der Waals surface area contributed by atoms with Gasteiger partial charge in [-0.2, -0.15) is 0 Å². The van der Waals surface area contributed by atoms with E-state index in [1.165, 1.54) is 5.56 Å². The van der Waals surface area contributed by atoms with Gasteiger partial charge in [-0.25, -0.2) is 9.97 Å². The van der Waals surface area contributed by atoms with E-state index in [0.29, 0.717) is 0 Å². The Kier molecular flexibility index (Phi) is 4.68. The average molecular weight is 446 g/mol. The molecule has 2 heterocycles. The molecule has 0 unspecified atom stereocenters. The van der Waals surface area contributed by atoms with E-state index in [2.05, 4.69) is 57.8 Å². The molecule has 29 heavy (non-hydrogen) atoms. The summed E-state index contributed by atoms with van der Waals surface area (Å²) in [6, 6.07) is 22.7. The fourth-order valence-corrected chi connectivity index (χ4v) is 4.02. The minimum atomic E-state index is 0.725. The van der Waals surface area contributed by atoms with Crippen molar-refractivity contribution in [1.82, 2.24) is 14.5 Å². The highest BCUT2D eigenvalue weighted by Crippen LogP contribution is 2.31. The molecule has 0 bridgehead atoms. The first-order valence-corrected chi connectivity index (χ1v) is 10.6. The van der Waals surface area contributed by atoms with Gasteiger partial charge in [0.2, 0.25) is 0 Å².